The minimum absolute atomic E-state index is 0.895. The normalized spacial score (nSPS) is 42.6. The van der Waals surface area contributed by atoms with Gasteiger partial charge in [-0.05, 0) is 0 Å². The Balaban J connectivity index is 2.90. The largest absolute Gasteiger partial charge is 0.247 e. The van der Waals surface area contributed by atoms with E-state index in [9.17, 15) is 21.6 Å². The smallest absolute Gasteiger partial charge is 0.184 e. The van der Waals surface area contributed by atoms with Crippen molar-refractivity contribution in [3.05, 3.63) is 0 Å². The molecule has 0 amide bonds. The molecule has 0 aromatic carbocycles. The maximum atomic E-state index is 12.8. The fourth-order valence-corrected chi connectivity index (χ4v) is 2.86. The highest BCUT2D eigenvalue weighted by Gasteiger charge is 2.52. The molecule has 1 saturated heterocycles. The zero-order valence-electron chi connectivity index (χ0n) is 5.56. The molecule has 2 nitrogen and oxygen atoms in total. The predicted molar refractivity (Wildman–Crippen MR) is 33.4 cm³/mol. The van der Waals surface area contributed by atoms with Crippen LogP contribution in [0.1, 0.15) is 0 Å². The van der Waals surface area contributed by atoms with Gasteiger partial charge in [-0.3, -0.25) is 0 Å². The lowest BCUT2D eigenvalue weighted by atomic mass is 10.1. The molecule has 0 aliphatic carbocycles. The Labute approximate surface area is 62.3 Å². The molecule has 6 heteroatoms. The van der Waals surface area contributed by atoms with E-state index in [1.54, 1.807) is 0 Å². The Hall–Kier alpha value is -0.260. The molecule has 11 heavy (non-hydrogen) atoms. The lowest BCUT2D eigenvalue weighted by Crippen LogP contribution is -2.36. The molecule has 1 aliphatic rings. The van der Waals surface area contributed by atoms with Crippen LogP contribution in [0.3, 0.4) is 0 Å². The second-order valence-electron chi connectivity index (χ2n) is 2.69. The first-order valence-electron chi connectivity index (χ1n) is 2.99. The van der Waals surface area contributed by atoms with Crippen LogP contribution in [0.5, 0.6) is 0 Å². The van der Waals surface area contributed by atoms with Gasteiger partial charge in [-0.15, -0.1) is 0 Å². The van der Waals surface area contributed by atoms with Crippen LogP contribution in [-0.4, -0.2) is 38.4 Å². The first-order valence-corrected chi connectivity index (χ1v) is 4.81. The number of halogens is 3. The van der Waals surface area contributed by atoms with Crippen LogP contribution in [0.2, 0.25) is 0 Å². The van der Waals surface area contributed by atoms with Crippen molar-refractivity contribution in [1.82, 2.24) is 0 Å². The van der Waals surface area contributed by atoms with E-state index < -0.39 is 39.9 Å². The Bertz CT molecular complexity index is 250. The van der Waals surface area contributed by atoms with Crippen LogP contribution in [0.25, 0.3) is 0 Å². The van der Waals surface area contributed by atoms with Gasteiger partial charge in [0.15, 0.2) is 21.7 Å². The molecule has 0 N–H and O–H groups in total. The SMILES string of the molecule is O=S1(=O)CC(F)C(F)(CF)C1. The zero-order valence-corrected chi connectivity index (χ0v) is 6.37. The van der Waals surface area contributed by atoms with Crippen molar-refractivity contribution in [3.63, 3.8) is 0 Å². The van der Waals surface area contributed by atoms with E-state index >= 15 is 0 Å². The first-order chi connectivity index (χ1) is 4.90. The molecule has 0 bridgehead atoms. The van der Waals surface area contributed by atoms with E-state index in [-0.39, 0.29) is 0 Å². The summed E-state index contributed by atoms with van der Waals surface area (Å²) in [7, 11) is -3.71. The molecule has 1 heterocycles. The van der Waals surface area contributed by atoms with Crippen molar-refractivity contribution in [2.24, 2.45) is 0 Å². The summed E-state index contributed by atoms with van der Waals surface area (Å²) in [6.45, 7) is -1.58. The predicted octanol–water partition coefficient (Wildman–Crippen LogP) is 0.431. The van der Waals surface area contributed by atoms with E-state index in [1.165, 1.54) is 0 Å². The maximum absolute atomic E-state index is 12.8. The molecule has 0 spiro atoms. The van der Waals surface area contributed by atoms with Gasteiger partial charge in [0.25, 0.3) is 0 Å². The Morgan fingerprint density at radius 2 is 2.09 bits per heavy atom. The first kappa shape index (κ1) is 8.83. The van der Waals surface area contributed by atoms with Gasteiger partial charge in [-0.25, -0.2) is 21.6 Å². The number of hydrogen-bond acceptors (Lipinski definition) is 2. The number of hydrogen-bond donors (Lipinski definition) is 0. The van der Waals surface area contributed by atoms with Crippen LogP contribution >= 0.6 is 0 Å². The van der Waals surface area contributed by atoms with Crippen LogP contribution in [0.15, 0.2) is 0 Å². The summed E-state index contributed by atoms with van der Waals surface area (Å²) < 4.78 is 58.2. The average Bonchev–Trinajstić information content (AvgIpc) is 2.03. The summed E-state index contributed by atoms with van der Waals surface area (Å²) in [6.07, 6.45) is -2.21. The fraction of sp³-hybridized carbons (Fsp3) is 1.00. The van der Waals surface area contributed by atoms with E-state index in [1.807, 2.05) is 0 Å². The monoisotopic (exact) mass is 188 g/mol. The Kier molecular flexibility index (Phi) is 1.90. The molecule has 0 aromatic heterocycles. The molecular weight excluding hydrogens is 181 g/mol. The second kappa shape index (κ2) is 2.36. The molecule has 1 aliphatic heterocycles. The Morgan fingerprint density at radius 3 is 2.27 bits per heavy atom. The van der Waals surface area contributed by atoms with Crippen molar-refractivity contribution >= 4 is 9.84 Å². The summed E-state index contributed by atoms with van der Waals surface area (Å²) in [4.78, 5) is 0. The second-order valence-corrected chi connectivity index (χ2v) is 4.80. The van der Waals surface area contributed by atoms with Crippen LogP contribution < -0.4 is 0 Å². The Morgan fingerprint density at radius 1 is 1.55 bits per heavy atom. The van der Waals surface area contributed by atoms with Gasteiger partial charge in [-0.2, -0.15) is 0 Å². The van der Waals surface area contributed by atoms with E-state index in [0.717, 1.165) is 0 Å². The van der Waals surface area contributed by atoms with Gasteiger partial charge in [0.1, 0.15) is 6.67 Å². The lowest BCUT2D eigenvalue weighted by Gasteiger charge is -2.14. The summed E-state index contributed by atoms with van der Waals surface area (Å²) >= 11 is 0. The third-order valence-corrected chi connectivity index (χ3v) is 3.36. The topological polar surface area (TPSA) is 34.1 Å². The standard InChI is InChI=1S/C5H7F3O2S/c6-2-5(8)3-11(9,10)1-4(5)7/h4H,1-3H2. The highest BCUT2D eigenvalue weighted by atomic mass is 32.2. The summed E-state index contributed by atoms with van der Waals surface area (Å²) in [5, 5.41) is 0. The van der Waals surface area contributed by atoms with Crippen LogP contribution in [0.4, 0.5) is 13.2 Å². The van der Waals surface area contributed by atoms with E-state index in [2.05, 4.69) is 0 Å². The summed E-state index contributed by atoms with van der Waals surface area (Å²) in [5.41, 5.74) is -2.79. The van der Waals surface area contributed by atoms with Crippen LogP contribution in [-0.2, 0) is 9.84 Å². The quantitative estimate of drug-likeness (QED) is 0.598. The minimum Gasteiger partial charge on any atom is -0.247 e. The van der Waals surface area contributed by atoms with Gasteiger partial charge in [0, 0.05) is 0 Å². The highest BCUT2D eigenvalue weighted by molar-refractivity contribution is 7.91. The number of alkyl halides is 3. The van der Waals surface area contributed by atoms with Crippen molar-refractivity contribution in [2.75, 3.05) is 18.2 Å². The van der Waals surface area contributed by atoms with Gasteiger partial charge in [0.2, 0.25) is 0 Å². The molecule has 0 aromatic rings. The van der Waals surface area contributed by atoms with Crippen molar-refractivity contribution in [3.8, 4) is 0 Å². The zero-order chi connectivity index (χ0) is 8.70. The molecule has 1 fully saturated rings. The molecule has 2 unspecified atom stereocenters. The van der Waals surface area contributed by atoms with E-state index in [4.69, 9.17) is 0 Å². The molecule has 2 atom stereocenters. The summed E-state index contributed by atoms with van der Waals surface area (Å²) in [5.74, 6) is -1.93. The van der Waals surface area contributed by atoms with Gasteiger partial charge < -0.3 is 0 Å². The van der Waals surface area contributed by atoms with E-state index in [0.29, 0.717) is 0 Å². The van der Waals surface area contributed by atoms with Crippen molar-refractivity contribution < 1.29 is 21.6 Å². The minimum atomic E-state index is -3.71. The molecule has 66 valence electrons. The fourth-order valence-electron chi connectivity index (χ4n) is 1.01. The highest BCUT2D eigenvalue weighted by Crippen LogP contribution is 2.30. The lowest BCUT2D eigenvalue weighted by molar-refractivity contribution is 0.0676. The summed E-state index contributed by atoms with van der Waals surface area (Å²) in [6, 6.07) is 0. The third kappa shape index (κ3) is 1.50. The molecule has 0 radical (unpaired) electrons. The maximum Gasteiger partial charge on any atom is 0.184 e. The van der Waals surface area contributed by atoms with Crippen molar-refractivity contribution in [1.29, 1.82) is 0 Å². The molecular formula is C5H7F3O2S. The average molecular weight is 188 g/mol. The van der Waals surface area contributed by atoms with Gasteiger partial charge >= 0.3 is 0 Å². The molecule has 0 saturated carbocycles. The van der Waals surface area contributed by atoms with Crippen LogP contribution in [0, 0.1) is 0 Å². The van der Waals surface area contributed by atoms with Gasteiger partial charge in [0.05, 0.1) is 11.5 Å². The molecule has 1 rings (SSSR count). The van der Waals surface area contributed by atoms with Gasteiger partial charge in [-0.1, -0.05) is 0 Å². The number of sulfone groups is 1. The third-order valence-electron chi connectivity index (χ3n) is 1.64. The number of rotatable bonds is 1. The van der Waals surface area contributed by atoms with Crippen molar-refractivity contribution in [2.45, 2.75) is 11.8 Å².